The minimum Gasteiger partial charge on any atom is -0.506 e. The number of aromatic nitrogens is 3. The number of halogens is 7. The van der Waals surface area contributed by atoms with Crippen molar-refractivity contribution in [3.05, 3.63) is 70.0 Å². The van der Waals surface area contributed by atoms with Crippen LogP contribution in [0.15, 0.2) is 42.6 Å². The molecule has 0 saturated carbocycles. The fraction of sp³-hybridized carbons (Fsp3) is 0.263. The quantitative estimate of drug-likeness (QED) is 0.525. The standard InChI is InChI=1S/C19H14ClF6N3O2/c1-17(31,10-4-11(18(21,22)23)6-12(5-10)19(24,25)26)8-14-9-29(28-27-14)15-7-13(20)2-3-16(15)30/h2-7,9,30-31H,8H2,1H3. The lowest BCUT2D eigenvalue weighted by Crippen LogP contribution is -2.26. The molecule has 0 spiro atoms. The molecular weight excluding hydrogens is 452 g/mol. The third-order valence-corrected chi connectivity index (χ3v) is 4.70. The minimum atomic E-state index is -5.04. The number of benzene rings is 2. The van der Waals surface area contributed by atoms with Gasteiger partial charge in [0.15, 0.2) is 0 Å². The predicted molar refractivity (Wildman–Crippen MR) is 97.8 cm³/mol. The highest BCUT2D eigenvalue weighted by Crippen LogP contribution is 2.39. The summed E-state index contributed by atoms with van der Waals surface area (Å²) in [4.78, 5) is 0. The average molecular weight is 466 g/mol. The Kier molecular flexibility index (Phi) is 5.70. The molecule has 3 aromatic rings. The second-order valence-electron chi connectivity index (χ2n) is 7.03. The highest BCUT2D eigenvalue weighted by Gasteiger charge is 2.39. The number of hydrogen-bond donors (Lipinski definition) is 2. The topological polar surface area (TPSA) is 71.2 Å². The Balaban J connectivity index is 1.97. The van der Waals surface area contributed by atoms with Crippen LogP contribution in [0.5, 0.6) is 5.75 Å². The second-order valence-corrected chi connectivity index (χ2v) is 7.47. The number of alkyl halides is 6. The summed E-state index contributed by atoms with van der Waals surface area (Å²) in [5, 5.41) is 28.4. The van der Waals surface area contributed by atoms with Crippen molar-refractivity contribution in [3.8, 4) is 11.4 Å². The van der Waals surface area contributed by atoms with E-state index in [-0.39, 0.29) is 28.2 Å². The molecule has 166 valence electrons. The summed E-state index contributed by atoms with van der Waals surface area (Å²) in [5.41, 5.74) is -5.61. The van der Waals surface area contributed by atoms with Gasteiger partial charge in [0.2, 0.25) is 0 Å². The van der Waals surface area contributed by atoms with Gasteiger partial charge in [0.05, 0.1) is 28.6 Å². The lowest BCUT2D eigenvalue weighted by molar-refractivity contribution is -0.143. The van der Waals surface area contributed by atoms with E-state index in [4.69, 9.17) is 11.6 Å². The van der Waals surface area contributed by atoms with Crippen molar-refractivity contribution in [2.24, 2.45) is 0 Å². The van der Waals surface area contributed by atoms with Crippen LogP contribution in [0.1, 0.15) is 29.3 Å². The zero-order valence-corrected chi connectivity index (χ0v) is 16.4. The van der Waals surface area contributed by atoms with Crippen LogP contribution >= 0.6 is 11.6 Å². The van der Waals surface area contributed by atoms with Gasteiger partial charge in [-0.15, -0.1) is 5.10 Å². The Bertz CT molecular complexity index is 1080. The lowest BCUT2D eigenvalue weighted by atomic mass is 9.88. The van der Waals surface area contributed by atoms with Crippen molar-refractivity contribution in [2.75, 3.05) is 0 Å². The van der Waals surface area contributed by atoms with E-state index in [0.717, 1.165) is 11.6 Å². The minimum absolute atomic E-state index is 0.0161. The molecule has 31 heavy (non-hydrogen) atoms. The van der Waals surface area contributed by atoms with Gasteiger partial charge in [0.25, 0.3) is 0 Å². The monoisotopic (exact) mass is 465 g/mol. The SMILES string of the molecule is CC(O)(Cc1cn(-c2cc(Cl)ccc2O)nn1)c1cc(C(F)(F)F)cc(C(F)(F)F)c1. The van der Waals surface area contributed by atoms with E-state index in [1.54, 1.807) is 0 Å². The van der Waals surface area contributed by atoms with Gasteiger partial charge in [-0.3, -0.25) is 0 Å². The zero-order valence-electron chi connectivity index (χ0n) is 15.6. The van der Waals surface area contributed by atoms with Gasteiger partial charge in [-0.25, -0.2) is 4.68 Å². The molecule has 3 rings (SSSR count). The molecule has 1 aromatic heterocycles. The first-order valence-corrected chi connectivity index (χ1v) is 8.97. The molecule has 1 unspecified atom stereocenters. The molecule has 1 atom stereocenters. The molecule has 0 aliphatic rings. The molecule has 0 saturated heterocycles. The Morgan fingerprint density at radius 2 is 1.48 bits per heavy atom. The molecule has 2 N–H and O–H groups in total. The van der Waals surface area contributed by atoms with Crippen molar-refractivity contribution in [3.63, 3.8) is 0 Å². The van der Waals surface area contributed by atoms with E-state index in [2.05, 4.69) is 10.3 Å². The van der Waals surface area contributed by atoms with E-state index >= 15 is 0 Å². The smallest absolute Gasteiger partial charge is 0.416 e. The van der Waals surface area contributed by atoms with Gasteiger partial charge in [-0.05, 0) is 48.9 Å². The summed E-state index contributed by atoms with van der Waals surface area (Å²) in [7, 11) is 0. The number of aliphatic hydroxyl groups is 1. The van der Waals surface area contributed by atoms with Crippen LogP contribution in [0, 0.1) is 0 Å². The van der Waals surface area contributed by atoms with Gasteiger partial charge in [0.1, 0.15) is 11.4 Å². The van der Waals surface area contributed by atoms with Crippen molar-refractivity contribution in [1.29, 1.82) is 0 Å². The number of phenols is 1. The van der Waals surface area contributed by atoms with Gasteiger partial charge >= 0.3 is 12.4 Å². The number of hydrogen-bond acceptors (Lipinski definition) is 4. The fourth-order valence-electron chi connectivity index (χ4n) is 2.90. The first-order valence-electron chi connectivity index (χ1n) is 8.59. The van der Waals surface area contributed by atoms with Gasteiger partial charge in [-0.1, -0.05) is 16.8 Å². The normalized spacial score (nSPS) is 14.5. The Labute approximate surface area is 176 Å². The molecule has 0 aliphatic carbocycles. The fourth-order valence-corrected chi connectivity index (χ4v) is 3.06. The van der Waals surface area contributed by atoms with Gasteiger partial charge in [0, 0.05) is 11.4 Å². The van der Waals surface area contributed by atoms with Crippen molar-refractivity contribution < 1.29 is 36.6 Å². The Morgan fingerprint density at radius 1 is 0.935 bits per heavy atom. The molecule has 1 heterocycles. The van der Waals surface area contributed by atoms with E-state index < -0.39 is 41.1 Å². The highest BCUT2D eigenvalue weighted by atomic mass is 35.5. The summed E-state index contributed by atoms with van der Waals surface area (Å²) >= 11 is 5.87. The number of rotatable bonds is 4. The second kappa shape index (κ2) is 7.72. The summed E-state index contributed by atoms with van der Waals surface area (Å²) in [6.07, 6.45) is -9.27. The summed E-state index contributed by atoms with van der Waals surface area (Å²) in [5.74, 6) is -0.194. The van der Waals surface area contributed by atoms with Gasteiger partial charge in [-0.2, -0.15) is 26.3 Å². The van der Waals surface area contributed by atoms with E-state index in [1.807, 2.05) is 0 Å². The molecule has 12 heteroatoms. The molecule has 0 bridgehead atoms. The largest absolute Gasteiger partial charge is 0.506 e. The van der Waals surface area contributed by atoms with Crippen LogP contribution in [-0.4, -0.2) is 25.2 Å². The number of nitrogens with zero attached hydrogens (tertiary/aromatic N) is 3. The van der Waals surface area contributed by atoms with Gasteiger partial charge < -0.3 is 10.2 Å². The molecule has 0 aliphatic heterocycles. The van der Waals surface area contributed by atoms with E-state index in [1.165, 1.54) is 24.4 Å². The molecule has 2 aromatic carbocycles. The summed E-state index contributed by atoms with van der Waals surface area (Å²) in [6, 6.07) is 5.00. The van der Waals surface area contributed by atoms with E-state index in [0.29, 0.717) is 12.1 Å². The lowest BCUT2D eigenvalue weighted by Gasteiger charge is -2.25. The maximum Gasteiger partial charge on any atom is 0.416 e. The van der Waals surface area contributed by atoms with Crippen LogP contribution in [-0.2, 0) is 24.4 Å². The van der Waals surface area contributed by atoms with Crippen molar-refractivity contribution >= 4 is 11.6 Å². The van der Waals surface area contributed by atoms with Crippen LogP contribution in [0.4, 0.5) is 26.3 Å². The molecule has 5 nitrogen and oxygen atoms in total. The predicted octanol–water partition coefficient (Wildman–Crippen LogP) is 5.11. The first-order chi connectivity index (χ1) is 14.2. The van der Waals surface area contributed by atoms with Crippen LogP contribution < -0.4 is 0 Å². The van der Waals surface area contributed by atoms with E-state index in [9.17, 15) is 36.6 Å². The molecule has 0 fully saturated rings. The number of phenolic OH excluding ortho intramolecular Hbond substituents is 1. The van der Waals surface area contributed by atoms with Crippen molar-refractivity contribution in [1.82, 2.24) is 15.0 Å². The highest BCUT2D eigenvalue weighted by molar-refractivity contribution is 6.30. The Hall–Kier alpha value is -2.79. The first kappa shape index (κ1) is 22.9. The number of aromatic hydroxyl groups is 1. The van der Waals surface area contributed by atoms with Crippen LogP contribution in [0.25, 0.3) is 5.69 Å². The third-order valence-electron chi connectivity index (χ3n) is 4.46. The zero-order chi connectivity index (χ0) is 23.2. The van der Waals surface area contributed by atoms with Crippen LogP contribution in [0.3, 0.4) is 0 Å². The third kappa shape index (κ3) is 5.10. The average Bonchev–Trinajstić information content (AvgIpc) is 3.09. The maximum atomic E-state index is 13.1. The summed E-state index contributed by atoms with van der Waals surface area (Å²) in [6.45, 7) is 1.07. The maximum absolute atomic E-state index is 13.1. The molecular formula is C19H14ClF6N3O2. The van der Waals surface area contributed by atoms with Crippen LogP contribution in [0.2, 0.25) is 5.02 Å². The molecule has 0 amide bonds. The van der Waals surface area contributed by atoms with Crippen molar-refractivity contribution in [2.45, 2.75) is 31.3 Å². The molecule has 0 radical (unpaired) electrons. The summed E-state index contributed by atoms with van der Waals surface area (Å²) < 4.78 is 79.7. The Morgan fingerprint density at radius 3 is 2.03 bits per heavy atom.